The quantitative estimate of drug-likeness (QED) is 0.595. The Balaban J connectivity index is 2.19. The van der Waals surface area contributed by atoms with E-state index in [0.717, 1.165) is 19.3 Å². The lowest BCUT2D eigenvalue weighted by Crippen LogP contribution is -2.41. The molecule has 1 saturated carbocycles. The van der Waals surface area contributed by atoms with E-state index in [4.69, 9.17) is 4.74 Å². The number of benzene rings is 1. The minimum atomic E-state index is -0.210. The maximum atomic E-state index is 11.8. The highest BCUT2D eigenvalue weighted by Crippen LogP contribution is 2.42. The molecule has 0 bridgehead atoms. The minimum Gasteiger partial charge on any atom is -0.459 e. The van der Waals surface area contributed by atoms with E-state index >= 15 is 0 Å². The number of carbonyl (C=O) groups excluding carboxylic acids is 1. The summed E-state index contributed by atoms with van der Waals surface area (Å²) in [6.45, 7) is 6.39. The van der Waals surface area contributed by atoms with Crippen LogP contribution in [0.2, 0.25) is 0 Å². The molecule has 0 aromatic heterocycles. The van der Waals surface area contributed by atoms with Gasteiger partial charge in [0.1, 0.15) is 6.10 Å². The average molecular weight is 286 g/mol. The number of hydrogen-bond donors (Lipinski definition) is 0. The van der Waals surface area contributed by atoms with Crippen molar-refractivity contribution in [3.05, 3.63) is 48.0 Å². The van der Waals surface area contributed by atoms with E-state index in [0.29, 0.717) is 5.92 Å². The van der Waals surface area contributed by atoms with Gasteiger partial charge in [-0.2, -0.15) is 0 Å². The van der Waals surface area contributed by atoms with Crippen molar-refractivity contribution in [3.63, 3.8) is 0 Å². The Bertz CT molecular complexity index is 488. The van der Waals surface area contributed by atoms with E-state index in [9.17, 15) is 4.79 Å². The highest BCUT2D eigenvalue weighted by Gasteiger charge is 2.40. The van der Waals surface area contributed by atoms with Crippen LogP contribution in [-0.2, 0) is 14.9 Å². The van der Waals surface area contributed by atoms with E-state index in [-0.39, 0.29) is 17.5 Å². The second-order valence-electron chi connectivity index (χ2n) is 6.45. The Morgan fingerprint density at radius 3 is 2.52 bits per heavy atom. The van der Waals surface area contributed by atoms with Gasteiger partial charge in [-0.25, -0.2) is 4.79 Å². The molecule has 2 rings (SSSR count). The Kier molecular flexibility index (Phi) is 5.22. The normalized spacial score (nSPS) is 23.2. The summed E-state index contributed by atoms with van der Waals surface area (Å²) in [4.78, 5) is 11.8. The summed E-state index contributed by atoms with van der Waals surface area (Å²) in [5.74, 6) is 0.168. The van der Waals surface area contributed by atoms with Crippen LogP contribution in [0, 0.1) is 5.92 Å². The van der Waals surface area contributed by atoms with Gasteiger partial charge in [-0.15, -0.1) is 0 Å². The van der Waals surface area contributed by atoms with Gasteiger partial charge in [0.05, 0.1) is 0 Å². The fourth-order valence-electron chi connectivity index (χ4n) is 3.47. The van der Waals surface area contributed by atoms with Crippen molar-refractivity contribution in [2.24, 2.45) is 5.92 Å². The summed E-state index contributed by atoms with van der Waals surface area (Å²) >= 11 is 0. The van der Waals surface area contributed by atoms with Gasteiger partial charge >= 0.3 is 5.97 Å². The Morgan fingerprint density at radius 1 is 1.19 bits per heavy atom. The van der Waals surface area contributed by atoms with E-state index in [1.807, 2.05) is 13.0 Å². The maximum Gasteiger partial charge on any atom is 0.330 e. The topological polar surface area (TPSA) is 26.3 Å². The van der Waals surface area contributed by atoms with Gasteiger partial charge in [0.2, 0.25) is 0 Å². The monoisotopic (exact) mass is 286 g/mol. The van der Waals surface area contributed by atoms with Gasteiger partial charge in [-0.3, -0.25) is 0 Å². The summed E-state index contributed by atoms with van der Waals surface area (Å²) < 4.78 is 5.73. The lowest BCUT2D eigenvalue weighted by molar-refractivity contribution is -0.149. The average Bonchev–Trinajstić information content (AvgIpc) is 2.49. The zero-order valence-corrected chi connectivity index (χ0v) is 13.3. The standard InChI is InChI=1S/C19H26O2/c1-4-10-18(20)21-17-14-9-8-13-16(17)19(2,3)15-11-6-5-7-12-15/h4-7,10-12,16-17H,8-9,13-14H2,1-3H3/b10-4+/t16-,17-/m1/s1. The van der Waals surface area contributed by atoms with Gasteiger partial charge in [0.25, 0.3) is 0 Å². The summed E-state index contributed by atoms with van der Waals surface area (Å²) in [5, 5.41) is 0. The fourth-order valence-corrected chi connectivity index (χ4v) is 3.47. The van der Waals surface area contributed by atoms with Crippen LogP contribution in [0.1, 0.15) is 52.0 Å². The molecule has 0 aliphatic heterocycles. The number of rotatable bonds is 4. The Hall–Kier alpha value is -1.57. The molecule has 1 fully saturated rings. The third-order valence-electron chi connectivity index (χ3n) is 4.72. The molecule has 0 unspecified atom stereocenters. The number of ether oxygens (including phenoxy) is 1. The van der Waals surface area contributed by atoms with E-state index in [1.165, 1.54) is 18.1 Å². The number of esters is 1. The first-order chi connectivity index (χ1) is 10.1. The maximum absolute atomic E-state index is 11.8. The van der Waals surface area contributed by atoms with Crippen molar-refractivity contribution in [2.45, 2.75) is 58.0 Å². The molecular weight excluding hydrogens is 260 g/mol. The zero-order chi connectivity index (χ0) is 15.3. The molecule has 0 spiro atoms. The van der Waals surface area contributed by atoms with Crippen LogP contribution in [0.15, 0.2) is 42.5 Å². The summed E-state index contributed by atoms with van der Waals surface area (Å²) in [7, 11) is 0. The number of allylic oxidation sites excluding steroid dienone is 1. The minimum absolute atomic E-state index is 0.0164. The summed E-state index contributed by atoms with van der Waals surface area (Å²) in [6, 6.07) is 10.6. The van der Waals surface area contributed by atoms with E-state index in [2.05, 4.69) is 38.1 Å². The van der Waals surface area contributed by atoms with Crippen LogP contribution in [0.25, 0.3) is 0 Å². The van der Waals surface area contributed by atoms with Gasteiger partial charge in [-0.05, 0) is 37.2 Å². The lowest BCUT2D eigenvalue weighted by Gasteiger charge is -2.42. The first kappa shape index (κ1) is 15.8. The van der Waals surface area contributed by atoms with E-state index < -0.39 is 0 Å². The van der Waals surface area contributed by atoms with Crippen LogP contribution in [-0.4, -0.2) is 12.1 Å². The number of hydrogen-bond acceptors (Lipinski definition) is 2. The smallest absolute Gasteiger partial charge is 0.330 e. The molecular formula is C19H26O2. The van der Waals surface area contributed by atoms with Crippen molar-refractivity contribution >= 4 is 5.97 Å². The van der Waals surface area contributed by atoms with Crippen LogP contribution >= 0.6 is 0 Å². The number of carbonyl (C=O) groups is 1. The largest absolute Gasteiger partial charge is 0.459 e. The molecule has 0 amide bonds. The molecule has 0 radical (unpaired) electrons. The van der Waals surface area contributed by atoms with Crippen LogP contribution in [0.3, 0.4) is 0 Å². The molecule has 21 heavy (non-hydrogen) atoms. The van der Waals surface area contributed by atoms with E-state index in [1.54, 1.807) is 6.08 Å². The van der Waals surface area contributed by atoms with Crippen LogP contribution < -0.4 is 0 Å². The first-order valence-electron chi connectivity index (χ1n) is 7.94. The molecule has 2 atom stereocenters. The van der Waals surface area contributed by atoms with Crippen molar-refractivity contribution in [3.8, 4) is 0 Å². The van der Waals surface area contributed by atoms with Crippen LogP contribution in [0.5, 0.6) is 0 Å². The predicted octanol–water partition coefficient (Wildman–Crippen LogP) is 4.64. The highest BCUT2D eigenvalue weighted by molar-refractivity contribution is 5.81. The molecule has 1 aliphatic carbocycles. The molecule has 2 heteroatoms. The zero-order valence-electron chi connectivity index (χ0n) is 13.3. The SMILES string of the molecule is C/C=C/C(=O)O[C@@H]1CCCC[C@H]1C(C)(C)c1ccccc1. The van der Waals surface area contributed by atoms with Gasteiger partial charge in [0.15, 0.2) is 0 Å². The third-order valence-corrected chi connectivity index (χ3v) is 4.72. The van der Waals surface area contributed by atoms with Gasteiger partial charge < -0.3 is 4.74 Å². The fraction of sp³-hybridized carbons (Fsp3) is 0.526. The van der Waals surface area contributed by atoms with Crippen molar-refractivity contribution < 1.29 is 9.53 Å². The third kappa shape index (κ3) is 3.75. The van der Waals surface area contributed by atoms with Crippen LogP contribution in [0.4, 0.5) is 0 Å². The first-order valence-corrected chi connectivity index (χ1v) is 7.94. The Morgan fingerprint density at radius 2 is 1.86 bits per heavy atom. The second-order valence-corrected chi connectivity index (χ2v) is 6.45. The lowest BCUT2D eigenvalue weighted by atomic mass is 9.66. The molecule has 2 nitrogen and oxygen atoms in total. The molecule has 1 aliphatic rings. The molecule has 0 saturated heterocycles. The van der Waals surface area contributed by atoms with Crippen molar-refractivity contribution in [2.75, 3.05) is 0 Å². The molecule has 1 aromatic carbocycles. The summed E-state index contributed by atoms with van der Waals surface area (Å²) in [6.07, 6.45) is 7.75. The summed E-state index contributed by atoms with van der Waals surface area (Å²) in [5.41, 5.74) is 1.34. The molecule has 0 heterocycles. The van der Waals surface area contributed by atoms with Gasteiger partial charge in [-0.1, -0.05) is 56.7 Å². The Labute approximate surface area is 128 Å². The highest BCUT2D eigenvalue weighted by atomic mass is 16.5. The van der Waals surface area contributed by atoms with Crippen molar-refractivity contribution in [1.82, 2.24) is 0 Å². The second kappa shape index (κ2) is 6.93. The molecule has 114 valence electrons. The van der Waals surface area contributed by atoms with Crippen molar-refractivity contribution in [1.29, 1.82) is 0 Å². The van der Waals surface area contributed by atoms with Gasteiger partial charge in [0, 0.05) is 12.0 Å². The predicted molar refractivity (Wildman–Crippen MR) is 86.1 cm³/mol. The molecule has 1 aromatic rings. The molecule has 0 N–H and O–H groups in total.